The summed E-state index contributed by atoms with van der Waals surface area (Å²) in [6, 6.07) is 14.3. The van der Waals surface area contributed by atoms with Gasteiger partial charge in [0.1, 0.15) is 5.82 Å². The number of likely N-dealkylation sites (N-methyl/N-ethyl adjacent to an activating group) is 1. The summed E-state index contributed by atoms with van der Waals surface area (Å²) in [7, 11) is 0. The Balaban J connectivity index is 1.97. The van der Waals surface area contributed by atoms with E-state index < -0.39 is 29.3 Å². The summed E-state index contributed by atoms with van der Waals surface area (Å²) in [6.45, 7) is 6.45. The van der Waals surface area contributed by atoms with Gasteiger partial charge >= 0.3 is 0 Å². The first-order valence-electron chi connectivity index (χ1n) is 10.5. The van der Waals surface area contributed by atoms with Crippen LogP contribution in [0.25, 0.3) is 6.08 Å². The Labute approximate surface area is 182 Å². The summed E-state index contributed by atoms with van der Waals surface area (Å²) in [5.74, 6) is -2.32. The highest BCUT2D eigenvalue weighted by atomic mass is 19.1. The maximum absolute atomic E-state index is 14.7. The van der Waals surface area contributed by atoms with Crippen molar-refractivity contribution in [2.24, 2.45) is 0 Å². The highest BCUT2D eigenvalue weighted by molar-refractivity contribution is 6.14. The molecule has 31 heavy (non-hydrogen) atoms. The van der Waals surface area contributed by atoms with Gasteiger partial charge in [-0.05, 0) is 30.8 Å². The molecule has 0 aromatic heterocycles. The maximum Gasteiger partial charge on any atom is 0.290 e. The van der Waals surface area contributed by atoms with E-state index in [0.29, 0.717) is 6.54 Å². The zero-order chi connectivity index (χ0) is 22.4. The van der Waals surface area contributed by atoms with Crippen LogP contribution in [-0.2, 0) is 9.59 Å². The molecule has 1 aliphatic rings. The van der Waals surface area contributed by atoms with Crippen molar-refractivity contribution in [3.05, 3.63) is 88.9 Å². The zero-order valence-electron chi connectivity index (χ0n) is 17.8. The number of carbonyl (C=O) groups excluding carboxylic acids is 2. The van der Waals surface area contributed by atoms with Crippen molar-refractivity contribution >= 4 is 17.8 Å². The number of aliphatic hydroxyl groups is 1. The van der Waals surface area contributed by atoms with Crippen molar-refractivity contribution < 1.29 is 19.1 Å². The Morgan fingerprint density at radius 3 is 2.39 bits per heavy atom. The molecule has 162 valence electrons. The van der Waals surface area contributed by atoms with Gasteiger partial charge < -0.3 is 14.9 Å². The molecule has 5 nitrogen and oxygen atoms in total. The molecule has 6 heteroatoms. The first-order valence-corrected chi connectivity index (χ1v) is 10.5. The number of nitrogens with zero attached hydrogens (tertiary/aromatic N) is 2. The molecule has 1 N–H and O–H groups in total. The number of aliphatic hydroxyl groups excluding tert-OH is 1. The molecule has 1 aliphatic heterocycles. The number of halogens is 1. The summed E-state index contributed by atoms with van der Waals surface area (Å²) in [5.41, 5.74) is 0.902. The van der Waals surface area contributed by atoms with E-state index in [9.17, 15) is 19.1 Å². The summed E-state index contributed by atoms with van der Waals surface area (Å²) in [6.07, 6.45) is 2.93. The van der Waals surface area contributed by atoms with Crippen LogP contribution < -0.4 is 0 Å². The minimum atomic E-state index is -0.975. The van der Waals surface area contributed by atoms with Gasteiger partial charge in [0.05, 0.1) is 11.6 Å². The van der Waals surface area contributed by atoms with Gasteiger partial charge in [0.25, 0.3) is 5.91 Å². The summed E-state index contributed by atoms with van der Waals surface area (Å²) in [4.78, 5) is 29.4. The Morgan fingerprint density at radius 1 is 1.10 bits per heavy atom. The fraction of sp³-hybridized carbons (Fsp3) is 0.280. The van der Waals surface area contributed by atoms with Crippen LogP contribution in [0.1, 0.15) is 31.0 Å². The Kier molecular flexibility index (Phi) is 7.36. The third kappa shape index (κ3) is 4.91. The van der Waals surface area contributed by atoms with Gasteiger partial charge in [0.2, 0.25) is 0 Å². The van der Waals surface area contributed by atoms with E-state index in [1.807, 2.05) is 44.2 Å². The number of benzene rings is 2. The highest BCUT2D eigenvalue weighted by Gasteiger charge is 2.43. The van der Waals surface area contributed by atoms with Crippen LogP contribution in [-0.4, -0.2) is 52.8 Å². The van der Waals surface area contributed by atoms with Crippen molar-refractivity contribution in [3.63, 3.8) is 0 Å². The summed E-state index contributed by atoms with van der Waals surface area (Å²) < 4.78 is 14.7. The van der Waals surface area contributed by atoms with Gasteiger partial charge in [-0.1, -0.05) is 68.5 Å². The second kappa shape index (κ2) is 10.2. The molecular weight excluding hydrogens is 395 g/mol. The predicted molar refractivity (Wildman–Crippen MR) is 119 cm³/mol. The summed E-state index contributed by atoms with van der Waals surface area (Å²) >= 11 is 0. The number of ketones is 1. The lowest BCUT2D eigenvalue weighted by Gasteiger charge is -2.29. The molecule has 0 bridgehead atoms. The quantitative estimate of drug-likeness (QED) is 0.617. The number of carbonyl (C=O) groups is 2. The smallest absolute Gasteiger partial charge is 0.290 e. The van der Waals surface area contributed by atoms with Crippen molar-refractivity contribution in [2.75, 3.05) is 26.2 Å². The average molecular weight is 423 g/mol. The Bertz CT molecular complexity index is 997. The Hall–Kier alpha value is -3.25. The normalized spacial score (nSPS) is 16.7. The third-order valence-corrected chi connectivity index (χ3v) is 5.55. The van der Waals surface area contributed by atoms with Crippen LogP contribution in [0.2, 0.25) is 0 Å². The van der Waals surface area contributed by atoms with Crippen molar-refractivity contribution in [3.8, 4) is 0 Å². The van der Waals surface area contributed by atoms with Crippen LogP contribution in [0.15, 0.2) is 72.0 Å². The standard InChI is InChI=1S/C25H27FN2O3/c1-3-27(4-2)16-17-28-23(19-12-8-9-13-20(19)26)22(24(30)25(28)31)21(29)15-14-18-10-6-5-7-11-18/h5-15,23,30H,3-4,16-17H2,1-2H3/b15-14+/t23-/m1/s1. The molecular formula is C25H27FN2O3. The SMILES string of the molecule is CCN(CC)CCN1C(=O)C(O)=C(C(=O)/C=C/c2ccccc2)[C@H]1c1ccccc1F. The van der Waals surface area contributed by atoms with Gasteiger partial charge in [-0.2, -0.15) is 0 Å². The molecule has 0 saturated heterocycles. The molecule has 0 radical (unpaired) electrons. The fourth-order valence-corrected chi connectivity index (χ4v) is 3.77. The zero-order valence-corrected chi connectivity index (χ0v) is 17.8. The van der Waals surface area contributed by atoms with Gasteiger partial charge in [0, 0.05) is 18.7 Å². The highest BCUT2D eigenvalue weighted by Crippen LogP contribution is 2.38. The van der Waals surface area contributed by atoms with E-state index in [2.05, 4.69) is 4.90 Å². The molecule has 3 rings (SSSR count). The van der Waals surface area contributed by atoms with Crippen LogP contribution in [0, 0.1) is 5.82 Å². The van der Waals surface area contributed by atoms with Gasteiger partial charge in [0.15, 0.2) is 11.5 Å². The van der Waals surface area contributed by atoms with Crippen LogP contribution in [0.3, 0.4) is 0 Å². The number of rotatable bonds is 9. The van der Waals surface area contributed by atoms with Crippen LogP contribution in [0.5, 0.6) is 0 Å². The molecule has 1 amide bonds. The average Bonchev–Trinajstić information content (AvgIpc) is 3.04. The second-order valence-electron chi connectivity index (χ2n) is 7.32. The molecule has 0 saturated carbocycles. The fourth-order valence-electron chi connectivity index (χ4n) is 3.77. The van der Waals surface area contributed by atoms with Crippen LogP contribution in [0.4, 0.5) is 4.39 Å². The van der Waals surface area contributed by atoms with E-state index in [4.69, 9.17) is 0 Å². The monoisotopic (exact) mass is 422 g/mol. The molecule has 2 aromatic rings. The minimum absolute atomic E-state index is 0.0955. The van der Waals surface area contributed by atoms with Gasteiger partial charge in [-0.3, -0.25) is 9.59 Å². The molecule has 2 aromatic carbocycles. The predicted octanol–water partition coefficient (Wildman–Crippen LogP) is 4.15. The molecule has 1 atom stereocenters. The van der Waals surface area contributed by atoms with E-state index in [-0.39, 0.29) is 17.7 Å². The van der Waals surface area contributed by atoms with E-state index in [0.717, 1.165) is 18.7 Å². The first kappa shape index (κ1) is 22.4. The molecule has 0 unspecified atom stereocenters. The first-order chi connectivity index (χ1) is 15.0. The van der Waals surface area contributed by atoms with Crippen molar-refractivity contribution in [1.29, 1.82) is 0 Å². The maximum atomic E-state index is 14.7. The van der Waals surface area contributed by atoms with Gasteiger partial charge in [-0.25, -0.2) is 4.39 Å². The largest absolute Gasteiger partial charge is 0.503 e. The Morgan fingerprint density at radius 2 is 1.74 bits per heavy atom. The number of allylic oxidation sites excluding steroid dienone is 1. The minimum Gasteiger partial charge on any atom is -0.503 e. The van der Waals surface area contributed by atoms with Crippen molar-refractivity contribution in [1.82, 2.24) is 9.80 Å². The molecule has 0 aliphatic carbocycles. The lowest BCUT2D eigenvalue weighted by molar-refractivity contribution is -0.129. The van der Waals surface area contributed by atoms with E-state index in [1.165, 1.54) is 17.0 Å². The van der Waals surface area contributed by atoms with Crippen molar-refractivity contribution in [2.45, 2.75) is 19.9 Å². The van der Waals surface area contributed by atoms with E-state index in [1.54, 1.807) is 24.3 Å². The molecule has 0 spiro atoms. The third-order valence-electron chi connectivity index (χ3n) is 5.55. The second-order valence-corrected chi connectivity index (χ2v) is 7.32. The molecule has 0 fully saturated rings. The van der Waals surface area contributed by atoms with Crippen LogP contribution >= 0.6 is 0 Å². The van der Waals surface area contributed by atoms with Gasteiger partial charge in [-0.15, -0.1) is 0 Å². The lowest BCUT2D eigenvalue weighted by atomic mass is 9.95. The number of hydrogen-bond donors (Lipinski definition) is 1. The lowest BCUT2D eigenvalue weighted by Crippen LogP contribution is -2.38. The summed E-state index contributed by atoms with van der Waals surface area (Å²) in [5, 5.41) is 10.6. The number of amides is 1. The topological polar surface area (TPSA) is 60.9 Å². The van der Waals surface area contributed by atoms with E-state index >= 15 is 0 Å². The molecule has 1 heterocycles. The number of hydrogen-bond acceptors (Lipinski definition) is 4.